The molecule has 0 fully saturated rings. The Morgan fingerprint density at radius 3 is 2.19 bits per heavy atom. The first-order valence-corrected chi connectivity index (χ1v) is 10.9. The van der Waals surface area contributed by atoms with Crippen LogP contribution >= 0.6 is 0 Å². The van der Waals surface area contributed by atoms with Crippen molar-refractivity contribution in [3.63, 3.8) is 0 Å². The fraction of sp³-hybridized carbons (Fsp3) is 0.269. The summed E-state index contributed by atoms with van der Waals surface area (Å²) < 4.78 is 90.9. The molecule has 198 valence electrons. The van der Waals surface area contributed by atoms with Gasteiger partial charge in [0.25, 0.3) is 0 Å². The lowest BCUT2D eigenvalue weighted by molar-refractivity contribution is -0.255. The van der Waals surface area contributed by atoms with E-state index >= 15 is 0 Å². The predicted molar refractivity (Wildman–Crippen MR) is 120 cm³/mol. The zero-order chi connectivity index (χ0) is 27.5. The molecule has 0 heterocycles. The number of carboxylic acids is 1. The van der Waals surface area contributed by atoms with E-state index in [4.69, 9.17) is 10.5 Å². The average molecular weight is 526 g/mol. The van der Waals surface area contributed by atoms with Crippen molar-refractivity contribution in [3.8, 4) is 11.5 Å². The van der Waals surface area contributed by atoms with Crippen LogP contribution in [0.15, 0.2) is 60.7 Å². The molecular formula is C26H22F6NO4-. The first kappa shape index (κ1) is 27.9. The standard InChI is InChI=1S/C26H23F6NO4/c1-14(2)36-22-11-17(7-8-21(22)28)25(33,13-15-3-5-16(6-4-15)23(34)35)18-9-19(27)12-20(10-18)37-26(31,32)24(29)30/h3-12,14,24H,13,33H2,1-2H3,(H,34,35)/p-1. The molecule has 0 aromatic heterocycles. The first-order valence-electron chi connectivity index (χ1n) is 10.9. The average Bonchev–Trinajstić information content (AvgIpc) is 2.79. The molecule has 37 heavy (non-hydrogen) atoms. The molecule has 3 rings (SSSR count). The van der Waals surface area contributed by atoms with E-state index in [1.807, 2.05) is 0 Å². The minimum atomic E-state index is -4.91. The van der Waals surface area contributed by atoms with Crippen LogP contribution in [0.2, 0.25) is 0 Å². The monoisotopic (exact) mass is 526 g/mol. The topological polar surface area (TPSA) is 84.6 Å². The molecule has 0 saturated carbocycles. The van der Waals surface area contributed by atoms with Crippen LogP contribution in [0, 0.1) is 11.6 Å². The highest BCUT2D eigenvalue weighted by atomic mass is 19.3. The van der Waals surface area contributed by atoms with Crippen LogP contribution in [0.3, 0.4) is 0 Å². The molecule has 3 aromatic carbocycles. The Balaban J connectivity index is 2.17. The van der Waals surface area contributed by atoms with Crippen molar-refractivity contribution in [2.24, 2.45) is 5.73 Å². The number of aromatic carboxylic acids is 1. The Bertz CT molecular complexity index is 1270. The number of alkyl halides is 4. The summed E-state index contributed by atoms with van der Waals surface area (Å²) in [5.41, 5.74) is 5.23. The van der Waals surface area contributed by atoms with Gasteiger partial charge in [0, 0.05) is 6.07 Å². The fourth-order valence-corrected chi connectivity index (χ4v) is 3.66. The number of carbonyl (C=O) groups is 1. The molecule has 0 bridgehead atoms. The third kappa shape index (κ3) is 6.53. The molecule has 0 aliphatic heterocycles. The summed E-state index contributed by atoms with van der Waals surface area (Å²) in [7, 11) is 0. The Kier molecular flexibility index (Phi) is 8.06. The fourth-order valence-electron chi connectivity index (χ4n) is 3.66. The van der Waals surface area contributed by atoms with E-state index in [-0.39, 0.29) is 28.9 Å². The number of nitrogens with two attached hydrogens (primary N) is 1. The van der Waals surface area contributed by atoms with Gasteiger partial charge in [-0.25, -0.2) is 8.78 Å². The summed E-state index contributed by atoms with van der Waals surface area (Å²) >= 11 is 0. The number of halogens is 6. The summed E-state index contributed by atoms with van der Waals surface area (Å²) in [6.07, 6.45) is -9.70. The van der Waals surface area contributed by atoms with E-state index in [1.165, 1.54) is 36.4 Å². The molecule has 1 atom stereocenters. The smallest absolute Gasteiger partial charge is 0.461 e. The summed E-state index contributed by atoms with van der Waals surface area (Å²) in [6, 6.07) is 11.1. The lowest BCUT2D eigenvalue weighted by Gasteiger charge is -2.32. The van der Waals surface area contributed by atoms with Crippen LogP contribution in [-0.4, -0.2) is 24.6 Å². The zero-order valence-electron chi connectivity index (χ0n) is 19.6. The number of benzene rings is 3. The normalized spacial score (nSPS) is 13.5. The van der Waals surface area contributed by atoms with Crippen molar-refractivity contribution in [3.05, 3.63) is 94.6 Å². The Morgan fingerprint density at radius 2 is 1.62 bits per heavy atom. The number of carbonyl (C=O) groups excluding carboxylic acids is 1. The Labute approximate surface area is 208 Å². The molecule has 0 spiro atoms. The molecule has 0 radical (unpaired) electrons. The molecule has 11 heteroatoms. The molecule has 0 aliphatic rings. The quantitative estimate of drug-likeness (QED) is 0.384. The molecule has 0 saturated heterocycles. The van der Waals surface area contributed by atoms with Crippen LogP contribution < -0.4 is 20.3 Å². The number of hydrogen-bond donors (Lipinski definition) is 1. The van der Waals surface area contributed by atoms with E-state index in [9.17, 15) is 36.2 Å². The second kappa shape index (κ2) is 10.7. The van der Waals surface area contributed by atoms with Gasteiger partial charge < -0.3 is 25.1 Å². The number of ether oxygens (including phenoxy) is 2. The molecule has 0 amide bonds. The van der Waals surface area contributed by atoms with Gasteiger partial charge in [-0.3, -0.25) is 0 Å². The largest absolute Gasteiger partial charge is 0.545 e. The molecule has 2 N–H and O–H groups in total. The van der Waals surface area contributed by atoms with Gasteiger partial charge in [0.1, 0.15) is 11.6 Å². The summed E-state index contributed by atoms with van der Waals surface area (Å²) in [4.78, 5) is 11.1. The lowest BCUT2D eigenvalue weighted by Crippen LogP contribution is -2.41. The Morgan fingerprint density at radius 1 is 0.973 bits per heavy atom. The van der Waals surface area contributed by atoms with Crippen molar-refractivity contribution in [1.29, 1.82) is 0 Å². The van der Waals surface area contributed by atoms with Gasteiger partial charge in [0.15, 0.2) is 11.6 Å². The van der Waals surface area contributed by atoms with E-state index in [2.05, 4.69) is 4.74 Å². The lowest BCUT2D eigenvalue weighted by atomic mass is 9.78. The first-order chi connectivity index (χ1) is 17.2. The van der Waals surface area contributed by atoms with Gasteiger partial charge >= 0.3 is 12.5 Å². The molecule has 3 aromatic rings. The van der Waals surface area contributed by atoms with Crippen LogP contribution in [0.5, 0.6) is 11.5 Å². The second-order valence-electron chi connectivity index (χ2n) is 8.58. The maximum absolute atomic E-state index is 14.5. The summed E-state index contributed by atoms with van der Waals surface area (Å²) in [5, 5.41) is 11.1. The van der Waals surface area contributed by atoms with Crippen molar-refractivity contribution < 1.29 is 45.7 Å². The van der Waals surface area contributed by atoms with Gasteiger partial charge in [0.2, 0.25) is 0 Å². The minimum Gasteiger partial charge on any atom is -0.545 e. The van der Waals surface area contributed by atoms with Crippen molar-refractivity contribution in [2.45, 2.75) is 44.4 Å². The van der Waals surface area contributed by atoms with Crippen molar-refractivity contribution in [1.82, 2.24) is 0 Å². The third-order valence-corrected chi connectivity index (χ3v) is 5.38. The summed E-state index contributed by atoms with van der Waals surface area (Å²) in [5.74, 6) is -4.36. The van der Waals surface area contributed by atoms with Gasteiger partial charge in [0.05, 0.1) is 17.6 Å². The van der Waals surface area contributed by atoms with E-state index in [0.29, 0.717) is 11.6 Å². The maximum Gasteiger partial charge on any atom is 0.461 e. The molecular weight excluding hydrogens is 504 g/mol. The highest BCUT2D eigenvalue weighted by molar-refractivity contribution is 5.85. The van der Waals surface area contributed by atoms with E-state index in [0.717, 1.165) is 18.2 Å². The SMILES string of the molecule is CC(C)Oc1cc(C(N)(Cc2ccc(C(=O)[O-])cc2)c2cc(F)cc(OC(F)(F)C(F)F)c2)ccc1F. The number of carboxylic acid groups (broad SMARTS) is 1. The van der Waals surface area contributed by atoms with Gasteiger partial charge in [-0.05, 0) is 66.8 Å². The van der Waals surface area contributed by atoms with Gasteiger partial charge in [-0.15, -0.1) is 0 Å². The number of rotatable bonds is 10. The maximum atomic E-state index is 14.5. The Hall–Kier alpha value is -3.73. The summed E-state index contributed by atoms with van der Waals surface area (Å²) in [6.45, 7) is 3.31. The van der Waals surface area contributed by atoms with E-state index < -0.39 is 47.5 Å². The van der Waals surface area contributed by atoms with Crippen LogP contribution in [0.25, 0.3) is 0 Å². The van der Waals surface area contributed by atoms with Crippen LogP contribution in [-0.2, 0) is 12.0 Å². The van der Waals surface area contributed by atoms with Crippen LogP contribution in [0.1, 0.15) is 40.9 Å². The van der Waals surface area contributed by atoms with E-state index in [1.54, 1.807) is 13.8 Å². The zero-order valence-corrected chi connectivity index (χ0v) is 19.6. The number of hydrogen-bond acceptors (Lipinski definition) is 5. The minimum absolute atomic E-state index is 0.128. The highest BCUT2D eigenvalue weighted by Gasteiger charge is 2.44. The molecule has 1 unspecified atom stereocenters. The van der Waals surface area contributed by atoms with Crippen LogP contribution in [0.4, 0.5) is 26.3 Å². The molecule has 5 nitrogen and oxygen atoms in total. The second-order valence-corrected chi connectivity index (χ2v) is 8.58. The van der Waals surface area contributed by atoms with Gasteiger partial charge in [-0.1, -0.05) is 30.3 Å². The van der Waals surface area contributed by atoms with Gasteiger partial charge in [-0.2, -0.15) is 17.6 Å². The predicted octanol–water partition coefficient (Wildman–Crippen LogP) is 4.80. The third-order valence-electron chi connectivity index (χ3n) is 5.38. The molecule has 0 aliphatic carbocycles. The van der Waals surface area contributed by atoms with Crippen molar-refractivity contribution >= 4 is 5.97 Å². The van der Waals surface area contributed by atoms with Crippen molar-refractivity contribution in [2.75, 3.05) is 0 Å². The highest BCUT2D eigenvalue weighted by Crippen LogP contribution is 2.37.